The number of hydrogen-bond donors (Lipinski definition) is 1. The molecule has 92 valence electrons. The van der Waals surface area contributed by atoms with Gasteiger partial charge in [-0.25, -0.2) is 0 Å². The van der Waals surface area contributed by atoms with Crippen molar-refractivity contribution >= 4 is 5.97 Å². The number of ether oxygens (including phenoxy) is 1. The van der Waals surface area contributed by atoms with Crippen LogP contribution in [0.15, 0.2) is 0 Å². The number of hydrogen-bond acceptors (Lipinski definition) is 4. The molecule has 1 heterocycles. The maximum atomic E-state index is 11.3. The minimum Gasteiger partial charge on any atom is -0.468 e. The van der Waals surface area contributed by atoms with E-state index >= 15 is 0 Å². The fourth-order valence-electron chi connectivity index (χ4n) is 2.69. The van der Waals surface area contributed by atoms with Crippen LogP contribution in [0.3, 0.4) is 0 Å². The van der Waals surface area contributed by atoms with Crippen LogP contribution in [0.25, 0.3) is 0 Å². The molecule has 1 aliphatic heterocycles. The third-order valence-corrected chi connectivity index (χ3v) is 3.68. The Bertz CT molecular complexity index is 266. The summed E-state index contributed by atoms with van der Waals surface area (Å²) in [4.78, 5) is 13.9. The number of carbonyl (C=O) groups is 1. The third kappa shape index (κ3) is 2.55. The maximum absolute atomic E-state index is 11.3. The molecule has 0 amide bonds. The van der Waals surface area contributed by atoms with E-state index in [1.807, 2.05) is 6.92 Å². The van der Waals surface area contributed by atoms with Gasteiger partial charge >= 0.3 is 5.97 Å². The summed E-state index contributed by atoms with van der Waals surface area (Å²) in [6.07, 6.45) is 3.84. The van der Waals surface area contributed by atoms with E-state index in [-0.39, 0.29) is 12.0 Å². The largest absolute Gasteiger partial charge is 0.468 e. The van der Waals surface area contributed by atoms with Gasteiger partial charge in [0.25, 0.3) is 0 Å². The average molecular weight is 226 g/mol. The van der Waals surface area contributed by atoms with Gasteiger partial charge < -0.3 is 10.1 Å². The van der Waals surface area contributed by atoms with E-state index in [9.17, 15) is 4.79 Å². The fourth-order valence-corrected chi connectivity index (χ4v) is 2.69. The lowest BCUT2D eigenvalue weighted by Crippen LogP contribution is -2.43. The van der Waals surface area contributed by atoms with Crippen molar-refractivity contribution in [2.45, 2.75) is 57.3 Å². The molecule has 2 aliphatic rings. The monoisotopic (exact) mass is 226 g/mol. The third-order valence-electron chi connectivity index (χ3n) is 3.68. The van der Waals surface area contributed by atoms with Crippen molar-refractivity contribution in [2.24, 2.45) is 0 Å². The zero-order valence-electron chi connectivity index (χ0n) is 10.4. The van der Waals surface area contributed by atoms with Crippen molar-refractivity contribution in [1.82, 2.24) is 10.2 Å². The molecule has 0 radical (unpaired) electrons. The molecule has 4 nitrogen and oxygen atoms in total. The molecule has 16 heavy (non-hydrogen) atoms. The van der Waals surface area contributed by atoms with Crippen LogP contribution in [0.5, 0.6) is 0 Å². The van der Waals surface area contributed by atoms with Gasteiger partial charge in [0.2, 0.25) is 0 Å². The van der Waals surface area contributed by atoms with Gasteiger partial charge in [-0.3, -0.25) is 9.69 Å². The number of esters is 1. The van der Waals surface area contributed by atoms with Crippen LogP contribution in [0, 0.1) is 0 Å². The lowest BCUT2D eigenvalue weighted by atomic mass is 10.1. The van der Waals surface area contributed by atoms with E-state index in [1.165, 1.54) is 20.0 Å². The highest BCUT2D eigenvalue weighted by Gasteiger charge is 2.39. The molecular formula is C12H22N2O2. The zero-order chi connectivity index (χ0) is 11.7. The average Bonchev–Trinajstić information content (AvgIpc) is 3.03. The second-order valence-electron chi connectivity index (χ2n) is 5.12. The molecule has 3 atom stereocenters. The van der Waals surface area contributed by atoms with E-state index in [0.29, 0.717) is 12.1 Å². The SMILES string of the molecule is COC(=O)C(C)NC1CC(C)N(C2CC2)C1. The van der Waals surface area contributed by atoms with Crippen LogP contribution in [0.2, 0.25) is 0 Å². The van der Waals surface area contributed by atoms with Crippen LogP contribution in [0.1, 0.15) is 33.1 Å². The first kappa shape index (κ1) is 11.9. The Kier molecular flexibility index (Phi) is 3.50. The molecule has 0 spiro atoms. The maximum Gasteiger partial charge on any atom is 0.322 e. The highest BCUT2D eigenvalue weighted by Crippen LogP contribution is 2.33. The quantitative estimate of drug-likeness (QED) is 0.719. The normalized spacial score (nSPS) is 32.7. The topological polar surface area (TPSA) is 41.6 Å². The molecule has 3 unspecified atom stereocenters. The van der Waals surface area contributed by atoms with Crippen LogP contribution >= 0.6 is 0 Å². The first-order valence-electron chi connectivity index (χ1n) is 6.21. The van der Waals surface area contributed by atoms with E-state index < -0.39 is 0 Å². The summed E-state index contributed by atoms with van der Waals surface area (Å²) in [5.41, 5.74) is 0. The summed E-state index contributed by atoms with van der Waals surface area (Å²) >= 11 is 0. The van der Waals surface area contributed by atoms with Gasteiger partial charge in [-0.2, -0.15) is 0 Å². The Hall–Kier alpha value is -0.610. The smallest absolute Gasteiger partial charge is 0.322 e. The summed E-state index contributed by atoms with van der Waals surface area (Å²) < 4.78 is 4.72. The highest BCUT2D eigenvalue weighted by atomic mass is 16.5. The lowest BCUT2D eigenvalue weighted by molar-refractivity contribution is -0.142. The van der Waals surface area contributed by atoms with E-state index in [0.717, 1.165) is 19.0 Å². The van der Waals surface area contributed by atoms with Crippen molar-refractivity contribution in [3.8, 4) is 0 Å². The standard InChI is InChI=1S/C12H22N2O2/c1-8-6-10(7-14(8)11-4-5-11)13-9(2)12(15)16-3/h8-11,13H,4-7H2,1-3H3. The van der Waals surface area contributed by atoms with Gasteiger partial charge in [0.05, 0.1) is 7.11 Å². The summed E-state index contributed by atoms with van der Waals surface area (Å²) in [5.74, 6) is -0.169. The predicted octanol–water partition coefficient (Wildman–Crippen LogP) is 0.763. The molecule has 2 fully saturated rings. The van der Waals surface area contributed by atoms with Crippen molar-refractivity contribution in [3.05, 3.63) is 0 Å². The van der Waals surface area contributed by atoms with Crippen LogP contribution < -0.4 is 5.32 Å². The van der Waals surface area contributed by atoms with Gasteiger partial charge in [0.15, 0.2) is 0 Å². The number of rotatable bonds is 4. The molecule has 1 saturated heterocycles. The second kappa shape index (κ2) is 4.72. The van der Waals surface area contributed by atoms with Gasteiger partial charge in [0, 0.05) is 24.7 Å². The zero-order valence-corrected chi connectivity index (χ0v) is 10.4. The first-order chi connectivity index (χ1) is 7.61. The van der Waals surface area contributed by atoms with Crippen LogP contribution in [0.4, 0.5) is 0 Å². The van der Waals surface area contributed by atoms with Crippen molar-refractivity contribution in [3.63, 3.8) is 0 Å². The summed E-state index contributed by atoms with van der Waals surface area (Å²) in [6, 6.07) is 1.70. The van der Waals surface area contributed by atoms with E-state index in [2.05, 4.69) is 17.1 Å². The Morgan fingerprint density at radius 2 is 2.19 bits per heavy atom. The predicted molar refractivity (Wildman–Crippen MR) is 62.2 cm³/mol. The Labute approximate surface area is 97.3 Å². The molecule has 2 rings (SSSR count). The molecule has 1 aliphatic carbocycles. The molecule has 0 aromatic carbocycles. The first-order valence-corrected chi connectivity index (χ1v) is 6.21. The Morgan fingerprint density at radius 3 is 2.75 bits per heavy atom. The molecule has 0 aromatic rings. The summed E-state index contributed by atoms with van der Waals surface area (Å²) in [6.45, 7) is 5.23. The number of nitrogens with one attached hydrogen (secondary N) is 1. The van der Waals surface area contributed by atoms with E-state index in [1.54, 1.807) is 0 Å². The van der Waals surface area contributed by atoms with Crippen LogP contribution in [-0.2, 0) is 9.53 Å². The van der Waals surface area contributed by atoms with Crippen molar-refractivity contribution < 1.29 is 9.53 Å². The number of carbonyl (C=O) groups excluding carboxylic acids is 1. The molecular weight excluding hydrogens is 204 g/mol. The van der Waals surface area contributed by atoms with Gasteiger partial charge in [-0.05, 0) is 33.1 Å². The van der Waals surface area contributed by atoms with Crippen molar-refractivity contribution in [2.75, 3.05) is 13.7 Å². The molecule has 4 heteroatoms. The van der Waals surface area contributed by atoms with Crippen molar-refractivity contribution in [1.29, 1.82) is 0 Å². The number of nitrogens with zero attached hydrogens (tertiary/aromatic N) is 1. The van der Waals surface area contributed by atoms with Crippen LogP contribution in [-0.4, -0.2) is 48.7 Å². The Balaban J connectivity index is 1.81. The Morgan fingerprint density at radius 1 is 1.50 bits per heavy atom. The lowest BCUT2D eigenvalue weighted by Gasteiger charge is -2.20. The molecule has 1 N–H and O–H groups in total. The minimum atomic E-state index is -0.193. The molecule has 1 saturated carbocycles. The second-order valence-corrected chi connectivity index (χ2v) is 5.12. The minimum absolute atomic E-state index is 0.169. The fraction of sp³-hybridized carbons (Fsp3) is 0.917. The molecule has 0 aromatic heterocycles. The van der Waals surface area contributed by atoms with E-state index in [4.69, 9.17) is 4.74 Å². The van der Waals surface area contributed by atoms with Gasteiger partial charge in [0.1, 0.15) is 6.04 Å². The molecule has 0 bridgehead atoms. The number of likely N-dealkylation sites (tertiary alicyclic amines) is 1. The highest BCUT2D eigenvalue weighted by molar-refractivity contribution is 5.75. The van der Waals surface area contributed by atoms with Gasteiger partial charge in [-0.15, -0.1) is 0 Å². The summed E-state index contributed by atoms with van der Waals surface area (Å²) in [7, 11) is 1.44. The summed E-state index contributed by atoms with van der Waals surface area (Å²) in [5, 5.41) is 3.36. The van der Waals surface area contributed by atoms with Gasteiger partial charge in [-0.1, -0.05) is 0 Å². The number of methoxy groups -OCH3 is 1.